The number of hydrogen-bond acceptors (Lipinski definition) is 8. The summed E-state index contributed by atoms with van der Waals surface area (Å²) < 4.78 is 0. The van der Waals surface area contributed by atoms with Crippen molar-refractivity contribution in [3.63, 3.8) is 0 Å². The van der Waals surface area contributed by atoms with E-state index in [0.717, 1.165) is 0 Å². The molecule has 0 aliphatic rings. The van der Waals surface area contributed by atoms with Gasteiger partial charge in [0.2, 0.25) is 0 Å². The molecule has 0 amide bonds. The number of hydrogen-bond donors (Lipinski definition) is 4. The summed E-state index contributed by atoms with van der Waals surface area (Å²) in [6.07, 6.45) is 5.36. The van der Waals surface area contributed by atoms with Gasteiger partial charge in [0, 0.05) is 63.7 Å². The molecule has 0 radical (unpaired) electrons. The van der Waals surface area contributed by atoms with E-state index in [2.05, 4.69) is 19.9 Å². The van der Waals surface area contributed by atoms with Crippen LogP contribution in [0.15, 0.2) is 73.3 Å². The van der Waals surface area contributed by atoms with Crippen LogP contribution in [0.25, 0.3) is 22.8 Å². The van der Waals surface area contributed by atoms with Crippen LogP contribution in [0.2, 0.25) is 0 Å². The summed E-state index contributed by atoms with van der Waals surface area (Å²) in [5.74, 6) is -4.30. The van der Waals surface area contributed by atoms with E-state index in [0.29, 0.717) is 22.8 Å². The monoisotopic (exact) mass is 692 g/mol. The minimum atomic E-state index is -1.08. The fraction of sp³-hybridized carbons (Fsp3) is 0. The molecule has 12 nitrogen and oxygen atoms in total. The Kier molecular flexibility index (Phi) is 12.1. The van der Waals surface area contributed by atoms with Crippen LogP contribution in [0.1, 0.15) is 41.4 Å². The maximum atomic E-state index is 10.8. The zero-order chi connectivity index (χ0) is 26.2. The van der Waals surface area contributed by atoms with Gasteiger partial charge < -0.3 is 20.4 Å². The number of rotatable bonds is 6. The zero-order valence-corrected chi connectivity index (χ0v) is 22.3. The maximum absolute atomic E-state index is 10.8. The smallest absolute Gasteiger partial charge is 0.335 e. The Bertz CT molecular complexity index is 1260. The van der Waals surface area contributed by atoms with Crippen molar-refractivity contribution in [1.29, 1.82) is 0 Å². The van der Waals surface area contributed by atoms with Gasteiger partial charge in [-0.3, -0.25) is 19.9 Å². The van der Waals surface area contributed by atoms with Crippen LogP contribution in [0.5, 0.6) is 0 Å². The molecule has 0 aromatic carbocycles. The molecule has 0 atom stereocenters. The van der Waals surface area contributed by atoms with E-state index in [4.69, 9.17) is 20.4 Å². The van der Waals surface area contributed by atoms with Gasteiger partial charge in [-0.25, -0.2) is 19.2 Å². The molecule has 0 bridgehead atoms. The van der Waals surface area contributed by atoms with Crippen molar-refractivity contribution in [2.75, 3.05) is 0 Å². The van der Waals surface area contributed by atoms with Crippen LogP contribution in [-0.2, 0) is 39.0 Å². The molecule has 4 rings (SSSR count). The van der Waals surface area contributed by atoms with Gasteiger partial charge in [-0.05, 0) is 48.5 Å². The van der Waals surface area contributed by atoms with E-state index in [1.807, 2.05) is 0 Å². The van der Waals surface area contributed by atoms with Crippen molar-refractivity contribution < 1.29 is 78.6 Å². The van der Waals surface area contributed by atoms with E-state index in [-0.39, 0.29) is 61.2 Å². The third-order valence-corrected chi connectivity index (χ3v) is 4.55. The molecule has 14 heteroatoms. The Labute approximate surface area is 240 Å². The van der Waals surface area contributed by atoms with Crippen LogP contribution < -0.4 is 0 Å². The van der Waals surface area contributed by atoms with E-state index < -0.39 is 23.9 Å². The van der Waals surface area contributed by atoms with Gasteiger partial charge in [0.05, 0.1) is 45.0 Å². The van der Waals surface area contributed by atoms with Crippen LogP contribution in [-0.4, -0.2) is 64.2 Å². The molecule has 0 spiro atoms. The second-order valence-electron chi connectivity index (χ2n) is 6.94. The van der Waals surface area contributed by atoms with Crippen molar-refractivity contribution in [2.24, 2.45) is 0 Å². The number of carboxylic acid groups (broad SMARTS) is 4. The molecule has 38 heavy (non-hydrogen) atoms. The molecular weight excluding hydrogens is 674 g/mol. The molecule has 4 heterocycles. The van der Waals surface area contributed by atoms with Gasteiger partial charge in [0.1, 0.15) is 0 Å². The van der Waals surface area contributed by atoms with Crippen LogP contribution in [0, 0.1) is 0 Å². The van der Waals surface area contributed by atoms with Crippen LogP contribution in [0.3, 0.4) is 0 Å². The van der Waals surface area contributed by atoms with Crippen molar-refractivity contribution >= 4 is 23.9 Å². The summed E-state index contributed by atoms with van der Waals surface area (Å²) in [7, 11) is 0. The molecule has 0 unspecified atom stereocenters. The van der Waals surface area contributed by atoms with E-state index in [1.165, 1.54) is 73.3 Å². The number of carbonyl (C=O) groups is 4. The van der Waals surface area contributed by atoms with Crippen molar-refractivity contribution in [3.8, 4) is 22.8 Å². The van der Waals surface area contributed by atoms with Gasteiger partial charge in [-0.1, -0.05) is 0 Å². The van der Waals surface area contributed by atoms with Gasteiger partial charge >= 0.3 is 23.9 Å². The van der Waals surface area contributed by atoms with Gasteiger partial charge in [0.15, 0.2) is 0 Å². The van der Waals surface area contributed by atoms with Crippen LogP contribution in [0.4, 0.5) is 0 Å². The fourth-order valence-electron chi connectivity index (χ4n) is 2.81. The summed E-state index contributed by atoms with van der Waals surface area (Å²) in [4.78, 5) is 59.2. The first-order valence-corrected chi connectivity index (χ1v) is 9.94. The number of pyridine rings is 4. The molecule has 0 aliphatic carbocycles. The molecule has 4 N–H and O–H groups in total. The van der Waals surface area contributed by atoms with Gasteiger partial charge in [-0.2, -0.15) is 0 Å². The first-order chi connectivity index (χ1) is 17.2. The number of aromatic nitrogens is 4. The minimum Gasteiger partial charge on any atom is -0.478 e. The molecule has 196 valence electrons. The van der Waals surface area contributed by atoms with Gasteiger partial charge in [-0.15, -0.1) is 0 Å². The minimum absolute atomic E-state index is 0. The first-order valence-electron chi connectivity index (χ1n) is 9.94. The number of carboxylic acids is 4. The quantitative estimate of drug-likeness (QED) is 0.216. The number of aromatic carboxylic acids is 4. The molecule has 0 saturated heterocycles. The fourth-order valence-corrected chi connectivity index (χ4v) is 2.81. The average Bonchev–Trinajstić information content (AvgIpc) is 2.89. The van der Waals surface area contributed by atoms with Gasteiger partial charge in [0.25, 0.3) is 0 Å². The Hall–Kier alpha value is -4.27. The molecule has 0 saturated carbocycles. The second-order valence-corrected chi connectivity index (χ2v) is 6.94. The molecule has 4 aromatic heterocycles. The van der Waals surface area contributed by atoms with Crippen LogP contribution >= 0.6 is 0 Å². The molecule has 0 fully saturated rings. The van der Waals surface area contributed by atoms with Crippen molar-refractivity contribution in [1.82, 2.24) is 19.9 Å². The van der Waals surface area contributed by atoms with Crippen molar-refractivity contribution in [3.05, 3.63) is 95.6 Å². The molecular formula is C24H16N4O8Ru2. The normalized spacial score (nSPS) is 9.47. The topological polar surface area (TPSA) is 201 Å². The predicted octanol–water partition coefficient (Wildman–Crippen LogP) is 3.08. The predicted molar refractivity (Wildman–Crippen MR) is 123 cm³/mol. The summed E-state index contributed by atoms with van der Waals surface area (Å²) >= 11 is 0. The Balaban J connectivity index is 0.000000361. The average molecular weight is 691 g/mol. The second kappa shape index (κ2) is 14.5. The zero-order valence-electron chi connectivity index (χ0n) is 18.8. The number of nitrogens with zero attached hydrogens (tertiary/aromatic N) is 4. The summed E-state index contributed by atoms with van der Waals surface area (Å²) in [6.45, 7) is 0. The third kappa shape index (κ3) is 8.40. The molecule has 0 aliphatic heterocycles. The Morgan fingerprint density at radius 1 is 0.421 bits per heavy atom. The first kappa shape index (κ1) is 31.8. The SMILES string of the molecule is O=C(O)c1ccnc(-c2cc(C(=O)O)ccn2)c1.O=C(O)c1ccnc(-c2cc(C(=O)O)ccn2)c1.[Ru].[Ru]. The molecule has 4 aromatic rings. The maximum Gasteiger partial charge on any atom is 0.335 e. The van der Waals surface area contributed by atoms with E-state index in [1.54, 1.807) is 0 Å². The Morgan fingerprint density at radius 3 is 0.763 bits per heavy atom. The standard InChI is InChI=1S/2C12H8N2O4.2Ru/c2*15-11(16)7-1-3-13-9(5-7)10-6-8(12(17)18)2-4-14-10;;/h2*1-6H,(H,15,16)(H,17,18);;. The largest absolute Gasteiger partial charge is 0.478 e. The summed E-state index contributed by atoms with van der Waals surface area (Å²) in [6, 6.07) is 10.8. The van der Waals surface area contributed by atoms with E-state index in [9.17, 15) is 19.2 Å². The third-order valence-electron chi connectivity index (χ3n) is 4.55. The summed E-state index contributed by atoms with van der Waals surface area (Å²) in [5, 5.41) is 35.4. The Morgan fingerprint density at radius 2 is 0.605 bits per heavy atom. The van der Waals surface area contributed by atoms with Crippen molar-refractivity contribution in [2.45, 2.75) is 0 Å². The van der Waals surface area contributed by atoms with E-state index >= 15 is 0 Å². The summed E-state index contributed by atoms with van der Waals surface area (Å²) in [5.41, 5.74) is 1.56.